The highest BCUT2D eigenvalue weighted by Crippen LogP contribution is 2.11. The molecule has 0 aliphatic rings. The normalized spacial score (nSPS) is 9.90. The minimum Gasteiger partial charge on any atom is -0.465 e. The average molecular weight is 283 g/mol. The molecule has 0 aliphatic heterocycles. The van der Waals surface area contributed by atoms with Crippen molar-refractivity contribution in [3.05, 3.63) is 11.5 Å². The fraction of sp³-hybridized carbons (Fsp3) is 0.812. The van der Waals surface area contributed by atoms with Crippen LogP contribution in [0.2, 0.25) is 0 Å². The van der Waals surface area contributed by atoms with E-state index < -0.39 is 0 Å². The first-order valence-corrected chi connectivity index (χ1v) is 7.76. The first-order valence-electron chi connectivity index (χ1n) is 7.76. The Hall–Kier alpha value is -1.21. The van der Waals surface area contributed by atoms with Crippen molar-refractivity contribution in [3.8, 4) is 6.07 Å². The van der Waals surface area contributed by atoms with E-state index in [0.717, 1.165) is 38.5 Å². The topological polar surface area (TPSA) is 51.5 Å². The Balaban J connectivity index is 4.43. The summed E-state index contributed by atoms with van der Waals surface area (Å²) in [7, 11) is 0. The van der Waals surface area contributed by atoms with Gasteiger partial charge in [-0.1, -0.05) is 40.0 Å². The molecule has 0 saturated heterocycles. The van der Waals surface area contributed by atoms with Gasteiger partial charge in [-0.05, 0) is 19.3 Å². The molecule has 4 nitrogen and oxygen atoms in total. The van der Waals surface area contributed by atoms with E-state index in [0.29, 0.717) is 31.3 Å². The minimum atomic E-state index is 0.268. The zero-order valence-electron chi connectivity index (χ0n) is 13.2. The van der Waals surface area contributed by atoms with E-state index >= 15 is 0 Å². The zero-order chi connectivity index (χ0) is 15.1. The zero-order valence-corrected chi connectivity index (χ0v) is 13.2. The summed E-state index contributed by atoms with van der Waals surface area (Å²) in [6.45, 7) is 8.41. The number of nitriles is 1. The summed E-state index contributed by atoms with van der Waals surface area (Å²) in [6, 6.07) is 2.14. The number of hydrogen-bond donors (Lipinski definition) is 0. The second-order valence-corrected chi connectivity index (χ2v) is 4.69. The third kappa shape index (κ3) is 9.69. The molecule has 0 rings (SSSR count). The minimum absolute atomic E-state index is 0.268. The Kier molecular flexibility index (Phi) is 13.3. The molecule has 0 saturated carbocycles. The van der Waals surface area contributed by atoms with Gasteiger partial charge in [-0.2, -0.15) is 5.26 Å². The van der Waals surface area contributed by atoms with E-state index in [4.69, 9.17) is 14.2 Å². The summed E-state index contributed by atoms with van der Waals surface area (Å²) in [5.74, 6) is 0.353. The Bertz CT molecular complexity index is 283. The average Bonchev–Trinajstić information content (AvgIpc) is 2.47. The molecule has 0 radical (unpaired) electrons. The fourth-order valence-electron chi connectivity index (χ4n) is 1.39. The maximum absolute atomic E-state index is 9.22. The summed E-state index contributed by atoms with van der Waals surface area (Å²) in [5, 5.41) is 9.22. The van der Waals surface area contributed by atoms with E-state index in [1.165, 1.54) is 0 Å². The van der Waals surface area contributed by atoms with Crippen LogP contribution in [0.5, 0.6) is 0 Å². The maximum Gasteiger partial charge on any atom is 0.295 e. The number of hydrogen-bond acceptors (Lipinski definition) is 4. The summed E-state index contributed by atoms with van der Waals surface area (Å²) in [4.78, 5) is 0. The third-order valence-corrected chi connectivity index (χ3v) is 2.73. The van der Waals surface area contributed by atoms with Crippen LogP contribution < -0.4 is 0 Å². The van der Waals surface area contributed by atoms with Crippen molar-refractivity contribution in [1.82, 2.24) is 0 Å². The lowest BCUT2D eigenvalue weighted by atomic mass is 10.3. The number of ether oxygens (including phenoxy) is 3. The number of nitrogens with zero attached hydrogens (tertiary/aromatic N) is 1. The maximum atomic E-state index is 9.22. The Morgan fingerprint density at radius 1 is 0.850 bits per heavy atom. The summed E-state index contributed by atoms with van der Waals surface area (Å²) < 4.78 is 16.7. The van der Waals surface area contributed by atoms with E-state index in [2.05, 4.69) is 26.8 Å². The molecule has 116 valence electrons. The van der Waals surface area contributed by atoms with Gasteiger partial charge in [-0.15, -0.1) is 0 Å². The molecule has 20 heavy (non-hydrogen) atoms. The lowest BCUT2D eigenvalue weighted by molar-refractivity contribution is 0.0257. The first kappa shape index (κ1) is 18.8. The van der Waals surface area contributed by atoms with Gasteiger partial charge in [0.15, 0.2) is 0 Å². The van der Waals surface area contributed by atoms with E-state index in [1.807, 2.05) is 0 Å². The third-order valence-electron chi connectivity index (χ3n) is 2.73. The van der Waals surface area contributed by atoms with Gasteiger partial charge in [0.25, 0.3) is 5.95 Å². The predicted octanol–water partition coefficient (Wildman–Crippen LogP) is 4.17. The van der Waals surface area contributed by atoms with Crippen molar-refractivity contribution in [3.63, 3.8) is 0 Å². The van der Waals surface area contributed by atoms with Crippen molar-refractivity contribution in [2.75, 3.05) is 26.4 Å². The van der Waals surface area contributed by atoms with Crippen molar-refractivity contribution in [1.29, 1.82) is 5.26 Å². The molecule has 0 bridgehead atoms. The van der Waals surface area contributed by atoms with Crippen molar-refractivity contribution in [2.45, 2.75) is 59.3 Å². The van der Waals surface area contributed by atoms with Crippen LogP contribution in [0.4, 0.5) is 0 Å². The standard InChI is InChI=1S/C16H29NO3/c1-4-7-10-18-14-15(13-17)16(19-11-8-5-2)20-12-9-6-3/h4-12,14H2,1-3H3. The first-order chi connectivity index (χ1) is 9.79. The molecule has 0 aromatic rings. The number of unbranched alkanes of at least 4 members (excludes halogenated alkanes) is 3. The van der Waals surface area contributed by atoms with E-state index in [-0.39, 0.29) is 6.61 Å². The molecule has 0 spiro atoms. The lowest BCUT2D eigenvalue weighted by Gasteiger charge is -2.13. The molecule has 0 aliphatic carbocycles. The highest BCUT2D eigenvalue weighted by molar-refractivity contribution is 5.22. The molecule has 0 aromatic heterocycles. The number of rotatable bonds is 13. The van der Waals surface area contributed by atoms with Crippen LogP contribution in [-0.4, -0.2) is 26.4 Å². The largest absolute Gasteiger partial charge is 0.465 e. The van der Waals surface area contributed by atoms with Gasteiger partial charge in [0.05, 0.1) is 19.8 Å². The van der Waals surface area contributed by atoms with Crippen LogP contribution in [0.15, 0.2) is 11.5 Å². The smallest absolute Gasteiger partial charge is 0.295 e. The van der Waals surface area contributed by atoms with Gasteiger partial charge in [-0.25, -0.2) is 0 Å². The van der Waals surface area contributed by atoms with Crippen molar-refractivity contribution < 1.29 is 14.2 Å². The Morgan fingerprint density at radius 3 is 1.80 bits per heavy atom. The molecule has 0 heterocycles. The second kappa shape index (κ2) is 14.2. The van der Waals surface area contributed by atoms with Crippen LogP contribution >= 0.6 is 0 Å². The molecule has 0 atom stereocenters. The molecule has 4 heteroatoms. The van der Waals surface area contributed by atoms with E-state index in [1.54, 1.807) is 0 Å². The molecule has 0 N–H and O–H groups in total. The highest BCUT2D eigenvalue weighted by atomic mass is 16.7. The van der Waals surface area contributed by atoms with Gasteiger partial charge in [0, 0.05) is 6.61 Å². The molecule has 0 amide bonds. The van der Waals surface area contributed by atoms with Crippen LogP contribution in [0.3, 0.4) is 0 Å². The monoisotopic (exact) mass is 283 g/mol. The molecular weight excluding hydrogens is 254 g/mol. The van der Waals surface area contributed by atoms with Crippen LogP contribution in [0, 0.1) is 11.3 Å². The lowest BCUT2D eigenvalue weighted by Crippen LogP contribution is -2.09. The van der Waals surface area contributed by atoms with Crippen LogP contribution in [-0.2, 0) is 14.2 Å². The van der Waals surface area contributed by atoms with Crippen LogP contribution in [0.25, 0.3) is 0 Å². The molecule has 0 aromatic carbocycles. The fourth-order valence-corrected chi connectivity index (χ4v) is 1.39. The van der Waals surface area contributed by atoms with Crippen molar-refractivity contribution in [2.24, 2.45) is 0 Å². The predicted molar refractivity (Wildman–Crippen MR) is 80.1 cm³/mol. The van der Waals surface area contributed by atoms with Crippen LogP contribution in [0.1, 0.15) is 59.3 Å². The van der Waals surface area contributed by atoms with Gasteiger partial charge in [0.1, 0.15) is 11.6 Å². The summed E-state index contributed by atoms with van der Waals surface area (Å²) >= 11 is 0. The van der Waals surface area contributed by atoms with Gasteiger partial charge in [-0.3, -0.25) is 0 Å². The summed E-state index contributed by atoms with van der Waals surface area (Å²) in [5.41, 5.74) is 0.452. The molecular formula is C16H29NO3. The molecule has 0 fully saturated rings. The van der Waals surface area contributed by atoms with Crippen molar-refractivity contribution >= 4 is 0 Å². The quantitative estimate of drug-likeness (QED) is 0.289. The Labute approximate surface area is 123 Å². The SMILES string of the molecule is CCCCOCC(C#N)=C(OCCCC)OCCCC. The highest BCUT2D eigenvalue weighted by Gasteiger charge is 2.10. The van der Waals surface area contributed by atoms with Gasteiger partial charge < -0.3 is 14.2 Å². The molecule has 0 unspecified atom stereocenters. The summed E-state index contributed by atoms with van der Waals surface area (Å²) in [6.07, 6.45) is 6.10. The van der Waals surface area contributed by atoms with Gasteiger partial charge in [0.2, 0.25) is 0 Å². The Morgan fingerprint density at radius 2 is 1.35 bits per heavy atom. The van der Waals surface area contributed by atoms with E-state index in [9.17, 15) is 5.26 Å². The van der Waals surface area contributed by atoms with Gasteiger partial charge >= 0.3 is 0 Å². The second-order valence-electron chi connectivity index (χ2n) is 4.69.